The summed E-state index contributed by atoms with van der Waals surface area (Å²) in [7, 11) is 0. The van der Waals surface area contributed by atoms with Crippen LogP contribution in [0.15, 0.2) is 137 Å². The van der Waals surface area contributed by atoms with Crippen molar-refractivity contribution < 1.29 is 4.42 Å². The van der Waals surface area contributed by atoms with Gasteiger partial charge in [-0.3, -0.25) is 0 Å². The van der Waals surface area contributed by atoms with Gasteiger partial charge in [0, 0.05) is 21.9 Å². The van der Waals surface area contributed by atoms with E-state index in [9.17, 15) is 4.79 Å². The average Bonchev–Trinajstić information content (AvgIpc) is 3.37. The van der Waals surface area contributed by atoms with E-state index in [-0.39, 0.29) is 0 Å². The van der Waals surface area contributed by atoms with E-state index in [1.165, 1.54) is 0 Å². The molecular weight excluding hydrogens is 470 g/mol. The number of hydrogen-bond donors (Lipinski definition) is 0. The van der Waals surface area contributed by atoms with Crippen molar-refractivity contribution in [2.45, 2.75) is 0 Å². The van der Waals surface area contributed by atoms with Gasteiger partial charge in [-0.15, -0.1) is 0 Å². The van der Waals surface area contributed by atoms with Gasteiger partial charge in [0.05, 0.1) is 5.69 Å². The second-order valence-electron chi connectivity index (χ2n) is 9.05. The van der Waals surface area contributed by atoms with Crippen LogP contribution >= 0.6 is 0 Å². The molecule has 5 aromatic carbocycles. The minimum atomic E-state index is -0.397. The molecule has 7 rings (SSSR count). The van der Waals surface area contributed by atoms with E-state index in [0.29, 0.717) is 17.3 Å². The smallest absolute Gasteiger partial charge is 0.355 e. The Labute approximate surface area is 218 Å². The van der Waals surface area contributed by atoms with Gasteiger partial charge in [-0.1, -0.05) is 97.1 Å². The standard InChI is InChI=1S/C33H21N3O2/c37-33-35-31(27-18-10-20-29-30(27)26-17-7-8-19-28(26)38-29)34-32(36(33)25-15-5-2-6-16-25)24-14-9-13-23(21-24)22-11-3-1-4-12-22/h1-21H. The Morgan fingerprint density at radius 2 is 1.24 bits per heavy atom. The monoisotopic (exact) mass is 491 g/mol. The van der Waals surface area contributed by atoms with Crippen LogP contribution in [0.2, 0.25) is 0 Å². The van der Waals surface area contributed by atoms with Gasteiger partial charge in [-0.05, 0) is 41.5 Å². The van der Waals surface area contributed by atoms with Crippen molar-refractivity contribution in [1.29, 1.82) is 0 Å². The van der Waals surface area contributed by atoms with E-state index in [1.807, 2.05) is 103 Å². The zero-order chi connectivity index (χ0) is 25.5. The van der Waals surface area contributed by atoms with Crippen LogP contribution in [0, 0.1) is 0 Å². The molecule has 0 bridgehead atoms. The minimum absolute atomic E-state index is 0.361. The van der Waals surface area contributed by atoms with Crippen molar-refractivity contribution in [1.82, 2.24) is 14.5 Å². The fourth-order valence-electron chi connectivity index (χ4n) is 4.96. The molecule has 0 saturated heterocycles. The maximum atomic E-state index is 13.7. The normalized spacial score (nSPS) is 11.3. The molecule has 0 spiro atoms. The third-order valence-corrected chi connectivity index (χ3v) is 6.70. The Hall–Kier alpha value is -5.29. The van der Waals surface area contributed by atoms with E-state index in [0.717, 1.165) is 44.2 Å². The zero-order valence-electron chi connectivity index (χ0n) is 20.3. The molecule has 2 heterocycles. The highest BCUT2D eigenvalue weighted by Crippen LogP contribution is 2.36. The third-order valence-electron chi connectivity index (χ3n) is 6.70. The summed E-state index contributed by atoms with van der Waals surface area (Å²) >= 11 is 0. The number of benzene rings is 5. The van der Waals surface area contributed by atoms with Crippen molar-refractivity contribution in [3.8, 4) is 39.6 Å². The first kappa shape index (κ1) is 21.9. The number of hydrogen-bond acceptors (Lipinski definition) is 4. The minimum Gasteiger partial charge on any atom is -0.456 e. The second kappa shape index (κ2) is 8.98. The van der Waals surface area contributed by atoms with Crippen LogP contribution in [0.25, 0.3) is 61.5 Å². The largest absolute Gasteiger partial charge is 0.456 e. The van der Waals surface area contributed by atoms with Crippen LogP contribution in [0.1, 0.15) is 0 Å². The first-order valence-electron chi connectivity index (χ1n) is 12.4. The maximum absolute atomic E-state index is 13.7. The molecule has 180 valence electrons. The van der Waals surface area contributed by atoms with Crippen molar-refractivity contribution in [2.24, 2.45) is 0 Å². The molecule has 0 atom stereocenters. The zero-order valence-corrected chi connectivity index (χ0v) is 20.3. The lowest BCUT2D eigenvalue weighted by molar-refractivity contribution is 0.669. The Bertz CT molecular complexity index is 1990. The van der Waals surface area contributed by atoms with E-state index < -0.39 is 5.69 Å². The van der Waals surface area contributed by atoms with Crippen molar-refractivity contribution >= 4 is 21.9 Å². The van der Waals surface area contributed by atoms with Gasteiger partial charge in [-0.2, -0.15) is 4.98 Å². The summed E-state index contributed by atoms with van der Waals surface area (Å²) in [5.74, 6) is 0.883. The first-order valence-corrected chi connectivity index (χ1v) is 12.4. The van der Waals surface area contributed by atoms with Gasteiger partial charge in [0.15, 0.2) is 11.6 Å². The van der Waals surface area contributed by atoms with Gasteiger partial charge >= 0.3 is 5.69 Å². The van der Waals surface area contributed by atoms with E-state index in [1.54, 1.807) is 4.57 Å². The summed E-state index contributed by atoms with van der Waals surface area (Å²) < 4.78 is 7.65. The summed E-state index contributed by atoms with van der Waals surface area (Å²) in [6.45, 7) is 0. The van der Waals surface area contributed by atoms with Crippen LogP contribution in [-0.2, 0) is 0 Å². The molecule has 0 fully saturated rings. The van der Waals surface area contributed by atoms with Gasteiger partial charge < -0.3 is 4.42 Å². The van der Waals surface area contributed by atoms with Crippen LogP contribution in [-0.4, -0.2) is 14.5 Å². The number of furan rings is 1. The highest BCUT2D eigenvalue weighted by atomic mass is 16.3. The van der Waals surface area contributed by atoms with Crippen molar-refractivity contribution in [3.05, 3.63) is 138 Å². The molecule has 7 aromatic rings. The molecule has 2 aromatic heterocycles. The topological polar surface area (TPSA) is 60.9 Å². The maximum Gasteiger partial charge on any atom is 0.355 e. The number of nitrogens with zero attached hydrogens (tertiary/aromatic N) is 3. The van der Waals surface area contributed by atoms with Gasteiger partial charge in [0.25, 0.3) is 0 Å². The average molecular weight is 492 g/mol. The number of para-hydroxylation sites is 2. The van der Waals surface area contributed by atoms with E-state index in [4.69, 9.17) is 9.40 Å². The Kier molecular flexibility index (Phi) is 5.19. The molecule has 0 aliphatic carbocycles. The van der Waals surface area contributed by atoms with E-state index >= 15 is 0 Å². The molecule has 0 aliphatic rings. The van der Waals surface area contributed by atoms with E-state index in [2.05, 4.69) is 29.2 Å². The number of rotatable bonds is 4. The number of aromatic nitrogens is 3. The summed E-state index contributed by atoms with van der Waals surface area (Å²) in [6, 6.07) is 41.4. The molecule has 0 aliphatic heterocycles. The molecule has 5 heteroatoms. The Balaban J connectivity index is 1.51. The molecule has 0 radical (unpaired) electrons. The van der Waals surface area contributed by atoms with Gasteiger partial charge in [0.1, 0.15) is 11.2 Å². The van der Waals surface area contributed by atoms with Crippen LogP contribution in [0.5, 0.6) is 0 Å². The van der Waals surface area contributed by atoms with Crippen LogP contribution in [0.3, 0.4) is 0 Å². The van der Waals surface area contributed by atoms with Crippen LogP contribution in [0.4, 0.5) is 0 Å². The lowest BCUT2D eigenvalue weighted by atomic mass is 10.0. The van der Waals surface area contributed by atoms with Gasteiger partial charge in [0.2, 0.25) is 0 Å². The third kappa shape index (κ3) is 3.69. The predicted molar refractivity (Wildman–Crippen MR) is 151 cm³/mol. The quantitative estimate of drug-likeness (QED) is 0.255. The summed E-state index contributed by atoms with van der Waals surface area (Å²) in [6.07, 6.45) is 0. The molecule has 0 unspecified atom stereocenters. The second-order valence-corrected chi connectivity index (χ2v) is 9.05. The lowest BCUT2D eigenvalue weighted by Crippen LogP contribution is -2.25. The molecular formula is C33H21N3O2. The molecule has 0 saturated carbocycles. The highest BCUT2D eigenvalue weighted by Gasteiger charge is 2.19. The molecule has 38 heavy (non-hydrogen) atoms. The summed E-state index contributed by atoms with van der Waals surface area (Å²) in [5.41, 5.74) is 5.52. The summed E-state index contributed by atoms with van der Waals surface area (Å²) in [4.78, 5) is 23.2. The fourth-order valence-corrected chi connectivity index (χ4v) is 4.96. The predicted octanol–water partition coefficient (Wildman–Crippen LogP) is 7.53. The van der Waals surface area contributed by atoms with Crippen LogP contribution < -0.4 is 5.69 Å². The molecule has 0 N–H and O–H groups in total. The van der Waals surface area contributed by atoms with Crippen molar-refractivity contribution in [2.75, 3.05) is 0 Å². The lowest BCUT2D eigenvalue weighted by Gasteiger charge is -2.14. The fraction of sp³-hybridized carbons (Fsp3) is 0. The summed E-state index contributed by atoms with van der Waals surface area (Å²) in [5, 5.41) is 1.85. The molecule has 5 nitrogen and oxygen atoms in total. The van der Waals surface area contributed by atoms with Gasteiger partial charge in [-0.25, -0.2) is 14.3 Å². The SMILES string of the molecule is O=c1nc(-c2cccc3oc4ccccc4c23)nc(-c2cccc(-c3ccccc3)c2)n1-c1ccccc1. The first-order chi connectivity index (χ1) is 18.8. The van der Waals surface area contributed by atoms with Crippen molar-refractivity contribution in [3.63, 3.8) is 0 Å². The Morgan fingerprint density at radius 3 is 2.08 bits per heavy atom. The number of fused-ring (bicyclic) bond motifs is 3. The Morgan fingerprint density at radius 1 is 0.579 bits per heavy atom. The highest BCUT2D eigenvalue weighted by molar-refractivity contribution is 6.11. The molecule has 0 amide bonds.